The van der Waals surface area contributed by atoms with Crippen molar-refractivity contribution in [3.8, 4) is 17.2 Å². The average molecular weight is 439 g/mol. The molecule has 0 bridgehead atoms. The van der Waals surface area contributed by atoms with Crippen molar-refractivity contribution in [2.45, 2.75) is 19.3 Å². The maximum absolute atomic E-state index is 12.2. The highest BCUT2D eigenvalue weighted by Gasteiger charge is 2.19. The number of Topliss-reactive ketones (excluding diaryl/α,β-unsaturated/α-hetero) is 1. The van der Waals surface area contributed by atoms with Crippen LogP contribution in [0.25, 0.3) is 0 Å². The summed E-state index contributed by atoms with van der Waals surface area (Å²) in [6.45, 7) is 4.46. The van der Waals surface area contributed by atoms with Gasteiger partial charge < -0.3 is 20.2 Å². The van der Waals surface area contributed by atoms with E-state index in [2.05, 4.69) is 9.80 Å². The lowest BCUT2D eigenvalue weighted by Crippen LogP contribution is -2.46. The molecule has 1 aliphatic heterocycles. The number of carbonyl (C=O) groups is 1. The highest BCUT2D eigenvalue weighted by atomic mass is 35.5. The standard InChI is InChI=1S/C21H24Cl2N2O4/c22-15-4-3-5-16(20(15)23)25-10-8-24(9-11-25)7-2-1-6-17(26)14-12-18(27)21(29)19(28)13-14/h3-5,12-13,27-29H,1-2,6-11H2. The summed E-state index contributed by atoms with van der Waals surface area (Å²) in [5, 5.41) is 29.5. The van der Waals surface area contributed by atoms with Gasteiger partial charge in [-0.2, -0.15) is 0 Å². The Hall–Kier alpha value is -2.15. The molecule has 0 aliphatic carbocycles. The fraction of sp³-hybridized carbons (Fsp3) is 0.381. The van der Waals surface area contributed by atoms with E-state index in [0.29, 0.717) is 22.9 Å². The van der Waals surface area contributed by atoms with Crippen LogP contribution in [0.4, 0.5) is 5.69 Å². The van der Waals surface area contributed by atoms with E-state index in [0.717, 1.165) is 44.8 Å². The number of phenols is 3. The molecule has 0 radical (unpaired) electrons. The van der Waals surface area contributed by atoms with Crippen LogP contribution >= 0.6 is 23.2 Å². The van der Waals surface area contributed by atoms with Gasteiger partial charge in [0.25, 0.3) is 0 Å². The van der Waals surface area contributed by atoms with E-state index in [1.165, 1.54) is 12.1 Å². The van der Waals surface area contributed by atoms with E-state index >= 15 is 0 Å². The quantitative estimate of drug-likeness (QED) is 0.339. The zero-order chi connectivity index (χ0) is 21.0. The second-order valence-electron chi connectivity index (χ2n) is 7.15. The molecule has 1 aliphatic rings. The molecule has 8 heteroatoms. The summed E-state index contributed by atoms with van der Waals surface area (Å²) >= 11 is 12.4. The number of ketones is 1. The third kappa shape index (κ3) is 5.26. The molecule has 6 nitrogen and oxygen atoms in total. The number of anilines is 1. The number of rotatable bonds is 7. The molecule has 3 N–H and O–H groups in total. The van der Waals surface area contributed by atoms with E-state index in [4.69, 9.17) is 23.2 Å². The molecule has 0 saturated carbocycles. The molecule has 2 aromatic carbocycles. The van der Waals surface area contributed by atoms with Gasteiger partial charge in [-0.1, -0.05) is 29.3 Å². The Morgan fingerprint density at radius 1 is 0.966 bits per heavy atom. The van der Waals surface area contributed by atoms with Crippen molar-refractivity contribution in [3.63, 3.8) is 0 Å². The summed E-state index contributed by atoms with van der Waals surface area (Å²) in [7, 11) is 0. The summed E-state index contributed by atoms with van der Waals surface area (Å²) in [5.41, 5.74) is 1.16. The molecule has 1 heterocycles. The molecule has 0 atom stereocenters. The largest absolute Gasteiger partial charge is 0.504 e. The lowest BCUT2D eigenvalue weighted by atomic mass is 10.0. The number of hydrogen-bond acceptors (Lipinski definition) is 6. The van der Waals surface area contributed by atoms with Gasteiger partial charge in [0.05, 0.1) is 15.7 Å². The van der Waals surface area contributed by atoms with E-state index in [9.17, 15) is 20.1 Å². The maximum atomic E-state index is 12.2. The Labute approximate surface area is 179 Å². The van der Waals surface area contributed by atoms with Crippen molar-refractivity contribution in [3.05, 3.63) is 45.9 Å². The zero-order valence-corrected chi connectivity index (χ0v) is 17.5. The second kappa shape index (κ2) is 9.57. The zero-order valence-electron chi connectivity index (χ0n) is 15.9. The minimum atomic E-state index is -0.611. The predicted octanol–water partition coefficient (Wildman–Crippen LogP) is 4.29. The van der Waals surface area contributed by atoms with Gasteiger partial charge in [-0.3, -0.25) is 9.69 Å². The minimum Gasteiger partial charge on any atom is -0.504 e. The first-order valence-corrected chi connectivity index (χ1v) is 10.3. The first-order valence-electron chi connectivity index (χ1n) is 9.56. The Morgan fingerprint density at radius 3 is 2.28 bits per heavy atom. The van der Waals surface area contributed by atoms with Crippen LogP contribution in [0.5, 0.6) is 17.2 Å². The fourth-order valence-electron chi connectivity index (χ4n) is 3.48. The van der Waals surface area contributed by atoms with Gasteiger partial charge in [-0.15, -0.1) is 0 Å². The Bertz CT molecular complexity index is 860. The number of carbonyl (C=O) groups excluding carboxylic acids is 1. The molecular formula is C21H24Cl2N2O4. The lowest BCUT2D eigenvalue weighted by molar-refractivity contribution is 0.0977. The predicted molar refractivity (Wildman–Crippen MR) is 115 cm³/mol. The van der Waals surface area contributed by atoms with Gasteiger partial charge in [0.1, 0.15) is 0 Å². The van der Waals surface area contributed by atoms with Gasteiger partial charge in [-0.25, -0.2) is 0 Å². The maximum Gasteiger partial charge on any atom is 0.200 e. The normalized spacial score (nSPS) is 14.9. The van der Waals surface area contributed by atoms with Crippen molar-refractivity contribution in [2.75, 3.05) is 37.6 Å². The number of benzene rings is 2. The number of aromatic hydroxyl groups is 3. The van der Waals surface area contributed by atoms with Gasteiger partial charge in [0.2, 0.25) is 0 Å². The monoisotopic (exact) mass is 438 g/mol. The van der Waals surface area contributed by atoms with E-state index < -0.39 is 17.2 Å². The Morgan fingerprint density at radius 2 is 1.62 bits per heavy atom. The number of phenolic OH excluding ortho intramolecular Hbond substituents is 3. The highest BCUT2D eigenvalue weighted by molar-refractivity contribution is 6.43. The fourth-order valence-corrected chi connectivity index (χ4v) is 3.89. The summed E-state index contributed by atoms with van der Waals surface area (Å²) in [6, 6.07) is 8.02. The molecule has 1 fully saturated rings. The molecular weight excluding hydrogens is 415 g/mol. The number of nitrogens with zero attached hydrogens (tertiary/aromatic N) is 2. The van der Waals surface area contributed by atoms with Crippen LogP contribution < -0.4 is 4.90 Å². The van der Waals surface area contributed by atoms with Crippen molar-refractivity contribution < 1.29 is 20.1 Å². The van der Waals surface area contributed by atoms with Crippen LogP contribution in [0.15, 0.2) is 30.3 Å². The SMILES string of the molecule is O=C(CCCCN1CCN(c2cccc(Cl)c2Cl)CC1)c1cc(O)c(O)c(O)c1. The number of piperazine rings is 1. The number of unbranched alkanes of at least 4 members (excludes halogenated alkanes) is 1. The van der Waals surface area contributed by atoms with Gasteiger partial charge in [0.15, 0.2) is 23.0 Å². The molecule has 0 amide bonds. The van der Waals surface area contributed by atoms with Crippen LogP contribution in [0, 0.1) is 0 Å². The molecule has 0 spiro atoms. The third-order valence-corrected chi connectivity index (χ3v) is 5.97. The lowest BCUT2D eigenvalue weighted by Gasteiger charge is -2.36. The van der Waals surface area contributed by atoms with Crippen LogP contribution in [-0.4, -0.2) is 58.7 Å². The van der Waals surface area contributed by atoms with E-state index in [1.54, 1.807) is 6.07 Å². The van der Waals surface area contributed by atoms with Crippen LogP contribution in [0.2, 0.25) is 10.0 Å². The van der Waals surface area contributed by atoms with Gasteiger partial charge in [0, 0.05) is 38.2 Å². The minimum absolute atomic E-state index is 0.170. The third-order valence-electron chi connectivity index (χ3n) is 5.16. The highest BCUT2D eigenvalue weighted by Crippen LogP contribution is 2.36. The topological polar surface area (TPSA) is 84.2 Å². The summed E-state index contributed by atoms with van der Waals surface area (Å²) in [4.78, 5) is 16.8. The molecule has 0 aromatic heterocycles. The molecule has 2 aromatic rings. The smallest absolute Gasteiger partial charge is 0.200 e. The van der Waals surface area contributed by atoms with Crippen LogP contribution in [0.3, 0.4) is 0 Å². The summed E-state index contributed by atoms with van der Waals surface area (Å²) in [6.07, 6.45) is 1.91. The van der Waals surface area contributed by atoms with Crippen molar-refractivity contribution in [2.24, 2.45) is 0 Å². The number of halogens is 2. The molecule has 156 valence electrons. The van der Waals surface area contributed by atoms with Crippen molar-refractivity contribution in [1.82, 2.24) is 4.90 Å². The van der Waals surface area contributed by atoms with Crippen LogP contribution in [0.1, 0.15) is 29.6 Å². The summed E-state index contributed by atoms with van der Waals surface area (Å²) < 4.78 is 0. The second-order valence-corrected chi connectivity index (χ2v) is 7.93. The van der Waals surface area contributed by atoms with Crippen molar-refractivity contribution >= 4 is 34.7 Å². The number of hydrogen-bond donors (Lipinski definition) is 3. The van der Waals surface area contributed by atoms with Crippen molar-refractivity contribution in [1.29, 1.82) is 0 Å². The van der Waals surface area contributed by atoms with E-state index in [1.807, 2.05) is 12.1 Å². The molecule has 29 heavy (non-hydrogen) atoms. The van der Waals surface area contributed by atoms with Crippen LogP contribution in [-0.2, 0) is 0 Å². The molecule has 0 unspecified atom stereocenters. The molecule has 1 saturated heterocycles. The summed E-state index contributed by atoms with van der Waals surface area (Å²) in [5.74, 6) is -1.77. The first kappa shape index (κ1) is 21.6. The van der Waals surface area contributed by atoms with E-state index in [-0.39, 0.29) is 11.3 Å². The molecule has 3 rings (SSSR count). The Balaban J connectivity index is 1.41. The first-order chi connectivity index (χ1) is 13.9. The van der Waals surface area contributed by atoms with Gasteiger partial charge >= 0.3 is 0 Å². The van der Waals surface area contributed by atoms with Gasteiger partial charge in [-0.05, 0) is 43.7 Å². The average Bonchev–Trinajstić information content (AvgIpc) is 2.71. The Kier molecular flexibility index (Phi) is 7.11.